The van der Waals surface area contributed by atoms with Gasteiger partial charge in [0.15, 0.2) is 0 Å². The number of hydrogen-bond donors (Lipinski definition) is 0. The van der Waals surface area contributed by atoms with Crippen molar-refractivity contribution in [2.24, 2.45) is 0 Å². The summed E-state index contributed by atoms with van der Waals surface area (Å²) in [6.07, 6.45) is 5.20. The molecule has 0 N–H and O–H groups in total. The summed E-state index contributed by atoms with van der Waals surface area (Å²) < 4.78 is 0. The molecule has 3 heteroatoms. The SMILES string of the molecule is Cc1ccccc1C(C(=O)N1CCCCC1)c1ccccn1. The topological polar surface area (TPSA) is 33.2 Å². The highest BCUT2D eigenvalue weighted by molar-refractivity contribution is 5.87. The second-order valence-electron chi connectivity index (χ2n) is 5.93. The molecule has 1 amide bonds. The second kappa shape index (κ2) is 6.73. The molecule has 1 aromatic heterocycles. The maximum absolute atomic E-state index is 13.1. The van der Waals surface area contributed by atoms with Gasteiger partial charge in [-0.3, -0.25) is 9.78 Å². The molecule has 2 aromatic rings. The zero-order valence-electron chi connectivity index (χ0n) is 13.0. The highest BCUT2D eigenvalue weighted by atomic mass is 16.2. The van der Waals surface area contributed by atoms with E-state index in [1.165, 1.54) is 6.42 Å². The number of nitrogens with zero attached hydrogens (tertiary/aromatic N) is 2. The van der Waals surface area contributed by atoms with Crippen molar-refractivity contribution in [1.29, 1.82) is 0 Å². The van der Waals surface area contributed by atoms with Gasteiger partial charge in [-0.15, -0.1) is 0 Å². The summed E-state index contributed by atoms with van der Waals surface area (Å²) in [5.41, 5.74) is 3.05. The number of aromatic nitrogens is 1. The Kier molecular flexibility index (Phi) is 4.52. The Morgan fingerprint density at radius 3 is 2.45 bits per heavy atom. The van der Waals surface area contributed by atoms with E-state index in [1.54, 1.807) is 6.20 Å². The van der Waals surface area contributed by atoms with Gasteiger partial charge < -0.3 is 4.90 Å². The highest BCUT2D eigenvalue weighted by Gasteiger charge is 2.30. The molecule has 114 valence electrons. The van der Waals surface area contributed by atoms with Crippen molar-refractivity contribution in [3.05, 3.63) is 65.5 Å². The lowest BCUT2D eigenvalue weighted by Crippen LogP contribution is -2.39. The van der Waals surface area contributed by atoms with Crippen LogP contribution >= 0.6 is 0 Å². The van der Waals surface area contributed by atoms with Crippen LogP contribution < -0.4 is 0 Å². The first kappa shape index (κ1) is 14.8. The van der Waals surface area contributed by atoms with Gasteiger partial charge in [0, 0.05) is 19.3 Å². The fourth-order valence-corrected chi connectivity index (χ4v) is 3.17. The third-order valence-corrected chi connectivity index (χ3v) is 4.40. The molecule has 1 atom stereocenters. The smallest absolute Gasteiger partial charge is 0.236 e. The Hall–Kier alpha value is -2.16. The van der Waals surface area contributed by atoms with Gasteiger partial charge in [0.2, 0.25) is 5.91 Å². The quantitative estimate of drug-likeness (QED) is 0.867. The highest BCUT2D eigenvalue weighted by Crippen LogP contribution is 2.29. The Labute approximate surface area is 132 Å². The largest absolute Gasteiger partial charge is 0.342 e. The maximum atomic E-state index is 13.1. The van der Waals surface area contributed by atoms with Gasteiger partial charge >= 0.3 is 0 Å². The summed E-state index contributed by atoms with van der Waals surface area (Å²) in [5, 5.41) is 0. The summed E-state index contributed by atoms with van der Waals surface area (Å²) in [6, 6.07) is 13.9. The summed E-state index contributed by atoms with van der Waals surface area (Å²) in [5.74, 6) is -0.104. The number of carbonyl (C=O) groups excluding carboxylic acids is 1. The molecule has 1 fully saturated rings. The van der Waals surface area contributed by atoms with Crippen LogP contribution in [0.1, 0.15) is 42.0 Å². The molecule has 3 nitrogen and oxygen atoms in total. The van der Waals surface area contributed by atoms with Crippen molar-refractivity contribution >= 4 is 5.91 Å². The predicted octanol–water partition coefficient (Wildman–Crippen LogP) is 3.53. The van der Waals surface area contributed by atoms with Gasteiger partial charge in [0.25, 0.3) is 0 Å². The second-order valence-corrected chi connectivity index (χ2v) is 5.93. The van der Waals surface area contributed by atoms with Crippen LogP contribution in [0.2, 0.25) is 0 Å². The van der Waals surface area contributed by atoms with Crippen molar-refractivity contribution in [3.8, 4) is 0 Å². The van der Waals surface area contributed by atoms with Crippen molar-refractivity contribution < 1.29 is 4.79 Å². The van der Waals surface area contributed by atoms with E-state index >= 15 is 0 Å². The van der Waals surface area contributed by atoms with Crippen molar-refractivity contribution in [3.63, 3.8) is 0 Å². The molecule has 1 aromatic carbocycles. The van der Waals surface area contributed by atoms with Gasteiger partial charge in [0.05, 0.1) is 5.69 Å². The number of pyridine rings is 1. The number of piperidine rings is 1. The number of hydrogen-bond acceptors (Lipinski definition) is 2. The zero-order chi connectivity index (χ0) is 15.4. The molecule has 1 aliphatic heterocycles. The summed E-state index contributed by atoms with van der Waals surface area (Å²) in [6.45, 7) is 3.80. The zero-order valence-corrected chi connectivity index (χ0v) is 13.0. The van der Waals surface area contributed by atoms with Crippen LogP contribution in [0.15, 0.2) is 48.7 Å². The number of carbonyl (C=O) groups is 1. The van der Waals surface area contributed by atoms with Crippen LogP contribution in [0, 0.1) is 6.92 Å². The molecular weight excluding hydrogens is 272 g/mol. The molecular formula is C19H22N2O. The standard InChI is InChI=1S/C19H22N2O/c1-15-9-3-4-10-16(15)18(17-11-5-6-12-20-17)19(22)21-13-7-2-8-14-21/h3-6,9-12,18H,2,7-8,13-14H2,1H3. The molecule has 3 rings (SSSR count). The van der Waals surface area contributed by atoms with Gasteiger partial charge in [-0.05, 0) is 49.4 Å². The average molecular weight is 294 g/mol. The van der Waals surface area contributed by atoms with Gasteiger partial charge in [-0.2, -0.15) is 0 Å². The lowest BCUT2D eigenvalue weighted by molar-refractivity contribution is -0.132. The molecule has 1 saturated heterocycles. The molecule has 0 aliphatic carbocycles. The minimum Gasteiger partial charge on any atom is -0.342 e. The van der Waals surface area contributed by atoms with Crippen molar-refractivity contribution in [2.75, 3.05) is 13.1 Å². The average Bonchev–Trinajstić information content (AvgIpc) is 2.58. The molecule has 0 saturated carbocycles. The Morgan fingerprint density at radius 2 is 1.77 bits per heavy atom. The lowest BCUT2D eigenvalue weighted by atomic mass is 9.89. The first-order valence-electron chi connectivity index (χ1n) is 8.02. The molecule has 1 aliphatic rings. The first-order valence-corrected chi connectivity index (χ1v) is 8.02. The summed E-state index contributed by atoms with van der Waals surface area (Å²) in [4.78, 5) is 19.6. The predicted molar refractivity (Wildman–Crippen MR) is 87.7 cm³/mol. The molecule has 0 bridgehead atoms. The number of rotatable bonds is 3. The minimum absolute atomic E-state index is 0.188. The number of likely N-dealkylation sites (tertiary alicyclic amines) is 1. The number of amides is 1. The third kappa shape index (κ3) is 3.03. The van der Waals surface area contributed by atoms with Crippen molar-refractivity contribution in [2.45, 2.75) is 32.1 Å². The summed E-state index contributed by atoms with van der Waals surface area (Å²) in [7, 11) is 0. The lowest BCUT2D eigenvalue weighted by Gasteiger charge is -2.31. The van der Waals surface area contributed by atoms with Crippen LogP contribution in [0.4, 0.5) is 0 Å². The number of aryl methyl sites for hydroxylation is 1. The van der Waals surface area contributed by atoms with E-state index < -0.39 is 0 Å². The molecule has 22 heavy (non-hydrogen) atoms. The van der Waals surface area contributed by atoms with Crippen LogP contribution in [-0.2, 0) is 4.79 Å². The van der Waals surface area contributed by atoms with Crippen LogP contribution in [0.25, 0.3) is 0 Å². The van der Waals surface area contributed by atoms with Gasteiger partial charge in [0.1, 0.15) is 5.92 Å². The molecule has 1 unspecified atom stereocenters. The maximum Gasteiger partial charge on any atom is 0.236 e. The van der Waals surface area contributed by atoms with Crippen LogP contribution in [-0.4, -0.2) is 28.9 Å². The minimum atomic E-state index is -0.291. The van der Waals surface area contributed by atoms with E-state index in [-0.39, 0.29) is 11.8 Å². The van der Waals surface area contributed by atoms with Crippen LogP contribution in [0.3, 0.4) is 0 Å². The van der Waals surface area contributed by atoms with E-state index in [9.17, 15) is 4.79 Å². The number of benzene rings is 1. The first-order chi connectivity index (χ1) is 10.8. The van der Waals surface area contributed by atoms with Crippen molar-refractivity contribution in [1.82, 2.24) is 9.88 Å². The normalized spacial score (nSPS) is 16.3. The van der Waals surface area contributed by atoms with Crippen LogP contribution in [0.5, 0.6) is 0 Å². The van der Waals surface area contributed by atoms with E-state index in [1.807, 2.05) is 35.2 Å². The van der Waals surface area contributed by atoms with E-state index in [0.29, 0.717) is 0 Å². The monoisotopic (exact) mass is 294 g/mol. The Balaban J connectivity index is 2.00. The third-order valence-electron chi connectivity index (χ3n) is 4.40. The van der Waals surface area contributed by atoms with E-state index in [4.69, 9.17) is 0 Å². The Morgan fingerprint density at radius 1 is 1.05 bits per heavy atom. The van der Waals surface area contributed by atoms with Gasteiger partial charge in [-0.25, -0.2) is 0 Å². The molecule has 0 radical (unpaired) electrons. The van der Waals surface area contributed by atoms with E-state index in [0.717, 1.165) is 42.8 Å². The molecule has 0 spiro atoms. The fourth-order valence-electron chi connectivity index (χ4n) is 3.17. The van der Waals surface area contributed by atoms with E-state index in [2.05, 4.69) is 24.0 Å². The summed E-state index contributed by atoms with van der Waals surface area (Å²) >= 11 is 0. The molecule has 2 heterocycles. The van der Waals surface area contributed by atoms with Gasteiger partial charge in [-0.1, -0.05) is 30.3 Å². The Bertz CT molecular complexity index is 633. The fraction of sp³-hybridized carbons (Fsp3) is 0.368.